The molecule has 0 rings (SSSR count). The predicted molar refractivity (Wildman–Crippen MR) is 48.2 cm³/mol. The normalized spacial score (nSPS) is 14.7. The Kier molecular flexibility index (Phi) is 5.19. The minimum Gasteiger partial charge on any atom is -0.373 e. The highest BCUT2D eigenvalue weighted by Crippen LogP contribution is 2.16. The molecule has 10 heavy (non-hydrogen) atoms. The zero-order valence-corrected chi connectivity index (χ0v) is 7.39. The van der Waals surface area contributed by atoms with E-state index in [0.717, 1.165) is 10.9 Å². The smallest absolute Gasteiger partial charge is 0.0375 e. The molecule has 0 bridgehead atoms. The van der Waals surface area contributed by atoms with Crippen molar-refractivity contribution in [2.45, 2.75) is 13.8 Å². The number of rotatable bonds is 3. The number of hydrogen-bond donors (Lipinski definition) is 1. The van der Waals surface area contributed by atoms with E-state index < -0.39 is 0 Å². The van der Waals surface area contributed by atoms with Gasteiger partial charge in [-0.3, -0.25) is 0 Å². The van der Waals surface area contributed by atoms with Crippen molar-refractivity contribution in [3.63, 3.8) is 0 Å². The van der Waals surface area contributed by atoms with Crippen LogP contribution in [0.3, 0.4) is 0 Å². The second-order valence-corrected chi connectivity index (χ2v) is 3.09. The fourth-order valence-electron chi connectivity index (χ4n) is 0.362. The average Bonchev–Trinajstić information content (AvgIpc) is 1.99. The standard InChI is InChI=1S/C8H13OP/c1-4-7(2)5-6-8(3)10-9/h4-6,9-10H,1H2,2-3H3/b7-5-,8-6+. The van der Waals surface area contributed by atoms with E-state index in [-0.39, 0.29) is 8.81 Å². The molecular weight excluding hydrogens is 143 g/mol. The fourth-order valence-corrected chi connectivity index (χ4v) is 0.520. The minimum absolute atomic E-state index is 0.0853. The van der Waals surface area contributed by atoms with Gasteiger partial charge in [0.05, 0.1) is 0 Å². The summed E-state index contributed by atoms with van der Waals surface area (Å²) in [6.07, 6.45) is 5.62. The molecule has 0 spiro atoms. The zero-order chi connectivity index (χ0) is 7.98. The molecule has 0 aromatic carbocycles. The quantitative estimate of drug-likeness (QED) is 0.492. The lowest BCUT2D eigenvalue weighted by atomic mass is 10.3. The van der Waals surface area contributed by atoms with Crippen molar-refractivity contribution in [2.24, 2.45) is 0 Å². The van der Waals surface area contributed by atoms with Crippen molar-refractivity contribution in [3.8, 4) is 0 Å². The van der Waals surface area contributed by atoms with Gasteiger partial charge in [-0.05, 0) is 19.2 Å². The Hall–Kier alpha value is -0.390. The van der Waals surface area contributed by atoms with E-state index >= 15 is 0 Å². The summed E-state index contributed by atoms with van der Waals surface area (Å²) < 4.78 is 0. The van der Waals surface area contributed by atoms with E-state index in [0.29, 0.717) is 0 Å². The van der Waals surface area contributed by atoms with Crippen LogP contribution in [0.15, 0.2) is 35.7 Å². The minimum atomic E-state index is -0.0853. The first-order chi connectivity index (χ1) is 4.70. The van der Waals surface area contributed by atoms with Gasteiger partial charge in [0.25, 0.3) is 0 Å². The molecule has 0 fully saturated rings. The molecule has 0 aromatic rings. The van der Waals surface area contributed by atoms with Crippen molar-refractivity contribution in [1.82, 2.24) is 0 Å². The third-order valence-corrected chi connectivity index (χ3v) is 1.61. The van der Waals surface area contributed by atoms with Crippen LogP contribution in [-0.2, 0) is 0 Å². The van der Waals surface area contributed by atoms with Crippen LogP contribution in [0.1, 0.15) is 13.8 Å². The third kappa shape index (κ3) is 4.49. The highest BCUT2D eigenvalue weighted by molar-refractivity contribution is 7.36. The summed E-state index contributed by atoms with van der Waals surface area (Å²) in [5.41, 5.74) is 1.11. The van der Waals surface area contributed by atoms with Crippen molar-refractivity contribution < 1.29 is 4.89 Å². The van der Waals surface area contributed by atoms with Crippen LogP contribution in [0.5, 0.6) is 0 Å². The molecule has 0 aliphatic carbocycles. The molecule has 0 saturated carbocycles. The maximum Gasteiger partial charge on any atom is 0.0375 e. The van der Waals surface area contributed by atoms with E-state index in [4.69, 9.17) is 4.89 Å². The summed E-state index contributed by atoms with van der Waals surface area (Å²) in [5, 5.41) is 0.987. The highest BCUT2D eigenvalue weighted by Gasteiger charge is 1.81. The molecule has 0 aliphatic heterocycles. The molecule has 2 heteroatoms. The molecular formula is C8H13OP. The van der Waals surface area contributed by atoms with E-state index in [1.807, 2.05) is 26.0 Å². The topological polar surface area (TPSA) is 20.2 Å². The predicted octanol–water partition coefficient (Wildman–Crippen LogP) is 2.61. The molecule has 0 aromatic heterocycles. The average molecular weight is 156 g/mol. The summed E-state index contributed by atoms with van der Waals surface area (Å²) >= 11 is 0. The van der Waals surface area contributed by atoms with Crippen molar-refractivity contribution in [3.05, 3.63) is 35.7 Å². The van der Waals surface area contributed by atoms with Gasteiger partial charge < -0.3 is 4.89 Å². The Morgan fingerprint density at radius 2 is 2.00 bits per heavy atom. The van der Waals surface area contributed by atoms with E-state index in [1.54, 1.807) is 6.08 Å². The van der Waals surface area contributed by atoms with Gasteiger partial charge in [0, 0.05) is 8.81 Å². The third-order valence-electron chi connectivity index (χ3n) is 1.09. The Morgan fingerprint density at radius 1 is 1.40 bits per heavy atom. The van der Waals surface area contributed by atoms with Crippen molar-refractivity contribution in [1.29, 1.82) is 0 Å². The van der Waals surface area contributed by atoms with Gasteiger partial charge in [0.1, 0.15) is 0 Å². The molecule has 0 radical (unpaired) electrons. The molecule has 1 nitrogen and oxygen atoms in total. The van der Waals surface area contributed by atoms with E-state index in [2.05, 4.69) is 6.58 Å². The Bertz CT molecular complexity index is 168. The number of allylic oxidation sites excluding steroid dienone is 5. The summed E-state index contributed by atoms with van der Waals surface area (Å²) in [5.74, 6) is 0. The summed E-state index contributed by atoms with van der Waals surface area (Å²) in [4.78, 5) is 8.62. The largest absolute Gasteiger partial charge is 0.373 e. The second kappa shape index (κ2) is 5.40. The SMILES string of the molecule is C=C/C(C)=C\C=C(/C)PO. The lowest BCUT2D eigenvalue weighted by molar-refractivity contribution is 0.651. The van der Waals surface area contributed by atoms with Gasteiger partial charge in [-0.1, -0.05) is 30.4 Å². The van der Waals surface area contributed by atoms with Crippen LogP contribution in [-0.4, -0.2) is 4.89 Å². The van der Waals surface area contributed by atoms with Crippen molar-refractivity contribution >= 4 is 8.81 Å². The van der Waals surface area contributed by atoms with Crippen LogP contribution in [0, 0.1) is 0 Å². The molecule has 1 unspecified atom stereocenters. The summed E-state index contributed by atoms with van der Waals surface area (Å²) in [6.45, 7) is 7.47. The zero-order valence-electron chi connectivity index (χ0n) is 6.39. The maximum atomic E-state index is 8.62. The van der Waals surface area contributed by atoms with E-state index in [1.165, 1.54) is 0 Å². The molecule has 56 valence electrons. The van der Waals surface area contributed by atoms with Gasteiger partial charge >= 0.3 is 0 Å². The van der Waals surface area contributed by atoms with Crippen molar-refractivity contribution in [2.75, 3.05) is 0 Å². The van der Waals surface area contributed by atoms with Gasteiger partial charge in [-0.15, -0.1) is 0 Å². The lowest BCUT2D eigenvalue weighted by Crippen LogP contribution is -1.64. The maximum absolute atomic E-state index is 8.62. The highest BCUT2D eigenvalue weighted by atomic mass is 31.1. The van der Waals surface area contributed by atoms with Crippen LogP contribution in [0.4, 0.5) is 0 Å². The van der Waals surface area contributed by atoms with Crippen LogP contribution >= 0.6 is 8.81 Å². The van der Waals surface area contributed by atoms with Gasteiger partial charge in [0.15, 0.2) is 0 Å². The fraction of sp³-hybridized carbons (Fsp3) is 0.250. The monoisotopic (exact) mass is 156 g/mol. The number of hydrogen-bond acceptors (Lipinski definition) is 1. The van der Waals surface area contributed by atoms with Crippen LogP contribution in [0.2, 0.25) is 0 Å². The molecule has 0 amide bonds. The second-order valence-electron chi connectivity index (χ2n) is 2.08. The van der Waals surface area contributed by atoms with Gasteiger partial charge in [-0.2, -0.15) is 0 Å². The Morgan fingerprint density at radius 3 is 2.40 bits per heavy atom. The van der Waals surface area contributed by atoms with E-state index in [9.17, 15) is 0 Å². The Balaban J connectivity index is 4.03. The van der Waals surface area contributed by atoms with Gasteiger partial charge in [-0.25, -0.2) is 0 Å². The first kappa shape index (κ1) is 9.61. The molecule has 0 aliphatic rings. The van der Waals surface area contributed by atoms with Crippen LogP contribution in [0.25, 0.3) is 0 Å². The first-order valence-corrected chi connectivity index (χ1v) is 4.03. The lowest BCUT2D eigenvalue weighted by Gasteiger charge is -1.89. The molecule has 1 N–H and O–H groups in total. The molecule has 0 saturated heterocycles. The summed E-state index contributed by atoms with van der Waals surface area (Å²) in [6, 6.07) is 0. The first-order valence-electron chi connectivity index (χ1n) is 3.08. The summed E-state index contributed by atoms with van der Waals surface area (Å²) in [7, 11) is -0.0853. The Labute approximate surface area is 64.0 Å². The van der Waals surface area contributed by atoms with Gasteiger partial charge in [0.2, 0.25) is 0 Å². The van der Waals surface area contributed by atoms with Crippen LogP contribution < -0.4 is 0 Å². The molecule has 1 atom stereocenters. The molecule has 0 heterocycles.